The van der Waals surface area contributed by atoms with E-state index in [1.807, 2.05) is 6.07 Å². The molecule has 1 aromatic carbocycles. The van der Waals surface area contributed by atoms with Crippen molar-refractivity contribution >= 4 is 5.97 Å². The number of carbonyl (C=O) groups is 1. The third-order valence-corrected chi connectivity index (χ3v) is 3.41. The molecule has 1 N–H and O–H groups in total. The molecule has 1 saturated carbocycles. The summed E-state index contributed by atoms with van der Waals surface area (Å²) < 4.78 is 19.0. The van der Waals surface area contributed by atoms with Gasteiger partial charge in [-0.3, -0.25) is 0 Å². The van der Waals surface area contributed by atoms with Gasteiger partial charge >= 0.3 is 5.97 Å². The number of hydrogen-bond acceptors (Lipinski definition) is 3. The summed E-state index contributed by atoms with van der Waals surface area (Å²) in [6.07, 6.45) is 2.20. The molecule has 0 bridgehead atoms. The van der Waals surface area contributed by atoms with Gasteiger partial charge in [-0.15, -0.1) is 0 Å². The van der Waals surface area contributed by atoms with Gasteiger partial charge in [-0.2, -0.15) is 0 Å². The van der Waals surface area contributed by atoms with Crippen LogP contribution in [0, 0.1) is 12.7 Å². The second-order valence-corrected chi connectivity index (χ2v) is 4.80. The normalized spacial score (nSPS) is 14.6. The monoisotopic (exact) mass is 261 g/mol. The van der Waals surface area contributed by atoms with Crippen molar-refractivity contribution in [3.05, 3.63) is 40.8 Å². The second kappa shape index (κ2) is 4.19. The summed E-state index contributed by atoms with van der Waals surface area (Å²) in [4.78, 5) is 10.9. The van der Waals surface area contributed by atoms with Gasteiger partial charge in [0.15, 0.2) is 11.5 Å². The molecule has 1 aliphatic rings. The molecule has 4 nitrogen and oxygen atoms in total. The quantitative estimate of drug-likeness (QED) is 0.920. The standard InChI is InChI=1S/C14H12FNO3/c1-7-12(14(17)18)16-19-13(7)10-5-4-9(6-11(10)15)8-2-3-8/h4-6,8H,2-3H2,1H3,(H,17,18). The molecule has 0 amide bonds. The lowest BCUT2D eigenvalue weighted by Gasteiger charge is -2.03. The number of aromatic nitrogens is 1. The molecule has 0 saturated heterocycles. The topological polar surface area (TPSA) is 63.3 Å². The van der Waals surface area contributed by atoms with Crippen molar-refractivity contribution in [1.82, 2.24) is 5.16 Å². The first-order valence-corrected chi connectivity index (χ1v) is 6.07. The maximum atomic E-state index is 14.1. The van der Waals surface area contributed by atoms with E-state index in [9.17, 15) is 9.18 Å². The largest absolute Gasteiger partial charge is 0.476 e. The first-order valence-electron chi connectivity index (χ1n) is 6.07. The molecule has 0 unspecified atom stereocenters. The number of rotatable bonds is 3. The number of carboxylic acid groups (broad SMARTS) is 1. The van der Waals surface area contributed by atoms with E-state index in [0.29, 0.717) is 11.5 Å². The van der Waals surface area contributed by atoms with Gasteiger partial charge < -0.3 is 9.63 Å². The molecule has 1 heterocycles. The first kappa shape index (κ1) is 11.9. The Morgan fingerprint density at radius 1 is 1.47 bits per heavy atom. The number of carboxylic acids is 1. The summed E-state index contributed by atoms with van der Waals surface area (Å²) in [5.74, 6) is -0.936. The van der Waals surface area contributed by atoms with E-state index >= 15 is 0 Å². The van der Waals surface area contributed by atoms with Crippen LogP contribution in [0.2, 0.25) is 0 Å². The van der Waals surface area contributed by atoms with Crippen molar-refractivity contribution in [3.8, 4) is 11.3 Å². The maximum absolute atomic E-state index is 14.1. The third-order valence-electron chi connectivity index (χ3n) is 3.41. The number of halogens is 1. The molecular weight excluding hydrogens is 249 g/mol. The van der Waals surface area contributed by atoms with Crippen LogP contribution in [0.25, 0.3) is 11.3 Å². The smallest absolute Gasteiger partial charge is 0.358 e. The van der Waals surface area contributed by atoms with Crippen LogP contribution in [0.5, 0.6) is 0 Å². The summed E-state index contributed by atoms with van der Waals surface area (Å²) >= 11 is 0. The van der Waals surface area contributed by atoms with E-state index in [1.165, 1.54) is 6.07 Å². The molecule has 2 aromatic rings. The predicted molar refractivity (Wildman–Crippen MR) is 65.6 cm³/mol. The zero-order chi connectivity index (χ0) is 13.6. The molecule has 1 aromatic heterocycles. The second-order valence-electron chi connectivity index (χ2n) is 4.80. The van der Waals surface area contributed by atoms with Crippen LogP contribution in [0.4, 0.5) is 4.39 Å². The highest BCUT2D eigenvalue weighted by Gasteiger charge is 2.26. The Labute approximate surface area is 108 Å². The zero-order valence-electron chi connectivity index (χ0n) is 10.3. The summed E-state index contributed by atoms with van der Waals surface area (Å²) in [7, 11) is 0. The van der Waals surface area contributed by atoms with E-state index < -0.39 is 11.8 Å². The number of hydrogen-bond donors (Lipinski definition) is 1. The fraction of sp³-hybridized carbons (Fsp3) is 0.286. The number of benzene rings is 1. The molecule has 1 aliphatic carbocycles. The van der Waals surface area contributed by atoms with Gasteiger partial charge in [-0.1, -0.05) is 11.2 Å². The molecule has 1 fully saturated rings. The molecule has 98 valence electrons. The van der Waals surface area contributed by atoms with Crippen molar-refractivity contribution in [2.24, 2.45) is 0 Å². The average Bonchev–Trinajstić information content (AvgIpc) is 3.13. The van der Waals surface area contributed by atoms with Crippen LogP contribution in [0.3, 0.4) is 0 Å². The van der Waals surface area contributed by atoms with Crippen molar-refractivity contribution < 1.29 is 18.8 Å². The minimum atomic E-state index is -1.18. The summed E-state index contributed by atoms with van der Waals surface area (Å²) in [5.41, 5.74) is 1.39. The van der Waals surface area contributed by atoms with Gasteiger partial charge in [-0.25, -0.2) is 9.18 Å². The molecule has 0 radical (unpaired) electrons. The maximum Gasteiger partial charge on any atom is 0.358 e. The van der Waals surface area contributed by atoms with Crippen molar-refractivity contribution in [2.75, 3.05) is 0 Å². The lowest BCUT2D eigenvalue weighted by Crippen LogP contribution is -1.98. The van der Waals surface area contributed by atoms with E-state index in [1.54, 1.807) is 13.0 Å². The molecule has 0 spiro atoms. The molecular formula is C14H12FNO3. The molecule has 0 aliphatic heterocycles. The Morgan fingerprint density at radius 3 is 2.74 bits per heavy atom. The van der Waals surface area contributed by atoms with Crippen molar-refractivity contribution in [1.29, 1.82) is 0 Å². The lowest BCUT2D eigenvalue weighted by molar-refractivity contribution is 0.0685. The van der Waals surface area contributed by atoms with Gasteiger partial charge in [0.25, 0.3) is 0 Å². The predicted octanol–water partition coefficient (Wildman–Crippen LogP) is 3.36. The van der Waals surface area contributed by atoms with Crippen LogP contribution in [-0.2, 0) is 0 Å². The highest BCUT2D eigenvalue weighted by Crippen LogP contribution is 2.41. The first-order chi connectivity index (χ1) is 9.08. The lowest BCUT2D eigenvalue weighted by atomic mass is 10.0. The Bertz CT molecular complexity index is 659. The van der Waals surface area contributed by atoms with Crippen LogP contribution in [0.15, 0.2) is 22.7 Å². The van der Waals surface area contributed by atoms with Crippen LogP contribution >= 0.6 is 0 Å². The molecule has 19 heavy (non-hydrogen) atoms. The van der Waals surface area contributed by atoms with Crippen molar-refractivity contribution in [2.45, 2.75) is 25.7 Å². The van der Waals surface area contributed by atoms with Gasteiger partial charge in [0.05, 0.1) is 5.56 Å². The van der Waals surface area contributed by atoms with Gasteiger partial charge in [-0.05, 0) is 43.4 Å². The van der Waals surface area contributed by atoms with Crippen molar-refractivity contribution in [3.63, 3.8) is 0 Å². The summed E-state index contributed by atoms with van der Waals surface area (Å²) in [6, 6.07) is 4.98. The Kier molecular flexibility index (Phi) is 2.62. The van der Waals surface area contributed by atoms with Crippen LogP contribution < -0.4 is 0 Å². The fourth-order valence-electron chi connectivity index (χ4n) is 2.17. The van der Waals surface area contributed by atoms with Crippen LogP contribution in [-0.4, -0.2) is 16.2 Å². The Balaban J connectivity index is 2.04. The van der Waals surface area contributed by atoms with E-state index in [2.05, 4.69) is 5.16 Å². The molecule has 0 atom stereocenters. The Hall–Kier alpha value is -2.17. The fourth-order valence-corrected chi connectivity index (χ4v) is 2.17. The highest BCUT2D eigenvalue weighted by molar-refractivity contribution is 5.88. The van der Waals surface area contributed by atoms with Gasteiger partial charge in [0, 0.05) is 5.56 Å². The average molecular weight is 261 g/mol. The minimum absolute atomic E-state index is 0.178. The van der Waals surface area contributed by atoms with Gasteiger partial charge in [0.1, 0.15) is 5.82 Å². The number of aromatic carboxylic acids is 1. The van der Waals surface area contributed by atoms with E-state index in [0.717, 1.165) is 18.4 Å². The molecule has 5 heteroatoms. The summed E-state index contributed by atoms with van der Waals surface area (Å²) in [5, 5.41) is 12.4. The van der Waals surface area contributed by atoms with Crippen LogP contribution in [0.1, 0.15) is 40.4 Å². The zero-order valence-corrected chi connectivity index (χ0v) is 10.3. The van der Waals surface area contributed by atoms with E-state index in [-0.39, 0.29) is 17.0 Å². The highest BCUT2D eigenvalue weighted by atomic mass is 19.1. The van der Waals surface area contributed by atoms with E-state index in [4.69, 9.17) is 9.63 Å². The van der Waals surface area contributed by atoms with Gasteiger partial charge in [0.2, 0.25) is 0 Å². The summed E-state index contributed by atoms with van der Waals surface area (Å²) in [6.45, 7) is 1.56. The molecule has 3 rings (SSSR count). The minimum Gasteiger partial charge on any atom is -0.476 e. The number of nitrogens with zero attached hydrogens (tertiary/aromatic N) is 1. The Morgan fingerprint density at radius 2 is 2.21 bits per heavy atom. The third kappa shape index (κ3) is 2.01. The SMILES string of the molecule is Cc1c(C(=O)O)noc1-c1ccc(C2CC2)cc1F.